The van der Waals surface area contributed by atoms with Crippen molar-refractivity contribution in [2.24, 2.45) is 0 Å². The van der Waals surface area contributed by atoms with E-state index in [1.807, 2.05) is 84.4 Å². The molecule has 0 saturated carbocycles. The van der Waals surface area contributed by atoms with Gasteiger partial charge in [-0.05, 0) is 111 Å². The van der Waals surface area contributed by atoms with Gasteiger partial charge < -0.3 is 20.9 Å². The van der Waals surface area contributed by atoms with E-state index in [0.717, 1.165) is 34.6 Å². The molecule has 2 atom stereocenters. The number of hydrazine groups is 1. The fraction of sp³-hybridized carbons (Fsp3) is 0.286. The highest BCUT2D eigenvalue weighted by molar-refractivity contribution is 14.1. The number of amides is 4. The lowest BCUT2D eigenvalue weighted by molar-refractivity contribution is -0.158. The molecule has 3 N–H and O–H groups in total. The topological polar surface area (TPSA) is 102 Å². The van der Waals surface area contributed by atoms with Crippen LogP contribution in [-0.2, 0) is 29.1 Å². The SMILES string of the molecule is CC(C)N(C(=O)NCc1ccc(I)c(I)c1)N1CC(=O)N2[C@@H](Cc3ccc(N)cc3)C(=O)N(Cc3cccc4ccccc34)C[C@@H]21. The number of benzene rings is 4. The molecule has 0 radical (unpaired) electrons. The Morgan fingerprint density at radius 2 is 1.67 bits per heavy atom. The lowest BCUT2D eigenvalue weighted by Gasteiger charge is -2.47. The number of hydrogen-bond acceptors (Lipinski definition) is 5. The zero-order valence-corrected chi connectivity index (χ0v) is 30.0. The van der Waals surface area contributed by atoms with E-state index in [0.29, 0.717) is 25.2 Å². The number of urea groups is 1. The van der Waals surface area contributed by atoms with Crippen molar-refractivity contribution in [3.63, 3.8) is 0 Å². The molecule has 2 aliphatic rings. The third-order valence-electron chi connectivity index (χ3n) is 8.62. The molecule has 11 heteroatoms. The van der Waals surface area contributed by atoms with Crippen molar-refractivity contribution in [3.8, 4) is 0 Å². The Labute approximate surface area is 296 Å². The average Bonchev–Trinajstić information content (AvgIpc) is 3.35. The molecule has 4 aromatic carbocycles. The molecular weight excluding hydrogens is 806 g/mol. The smallest absolute Gasteiger partial charge is 0.332 e. The van der Waals surface area contributed by atoms with Crippen LogP contribution in [0.4, 0.5) is 10.5 Å². The van der Waals surface area contributed by atoms with Crippen LogP contribution in [0.5, 0.6) is 0 Å². The van der Waals surface area contributed by atoms with Crippen molar-refractivity contribution in [3.05, 3.63) is 109 Å². The molecule has 0 spiro atoms. The number of piperazine rings is 1. The summed E-state index contributed by atoms with van der Waals surface area (Å²) in [7, 11) is 0. The van der Waals surface area contributed by atoms with Crippen LogP contribution in [0, 0.1) is 7.14 Å². The lowest BCUT2D eigenvalue weighted by Crippen LogP contribution is -2.66. The van der Waals surface area contributed by atoms with Gasteiger partial charge in [0.2, 0.25) is 11.8 Å². The Bertz CT molecular complexity index is 1780. The number of anilines is 1. The molecule has 9 nitrogen and oxygen atoms in total. The van der Waals surface area contributed by atoms with Crippen LogP contribution in [0.15, 0.2) is 84.9 Å². The monoisotopic (exact) mass is 842 g/mol. The molecule has 0 unspecified atom stereocenters. The molecule has 2 saturated heterocycles. The number of carbonyl (C=O) groups excluding carboxylic acids is 3. The number of carbonyl (C=O) groups is 3. The fourth-order valence-electron chi connectivity index (χ4n) is 6.43. The molecule has 2 aliphatic heterocycles. The van der Waals surface area contributed by atoms with Gasteiger partial charge >= 0.3 is 6.03 Å². The maximum absolute atomic E-state index is 14.3. The third kappa shape index (κ3) is 6.67. The highest BCUT2D eigenvalue weighted by Gasteiger charge is 2.52. The van der Waals surface area contributed by atoms with E-state index in [1.54, 1.807) is 9.91 Å². The Morgan fingerprint density at radius 3 is 2.41 bits per heavy atom. The predicted molar refractivity (Wildman–Crippen MR) is 196 cm³/mol. The summed E-state index contributed by atoms with van der Waals surface area (Å²) in [6.45, 7) is 4.91. The Morgan fingerprint density at radius 1 is 0.957 bits per heavy atom. The molecule has 6 rings (SSSR count). The molecule has 238 valence electrons. The van der Waals surface area contributed by atoms with Gasteiger partial charge in [0.05, 0.1) is 13.1 Å². The number of hydrogen-bond donors (Lipinski definition) is 2. The summed E-state index contributed by atoms with van der Waals surface area (Å²) in [6, 6.07) is 26.6. The summed E-state index contributed by atoms with van der Waals surface area (Å²) >= 11 is 4.58. The largest absolute Gasteiger partial charge is 0.399 e. The van der Waals surface area contributed by atoms with Crippen LogP contribution in [0.25, 0.3) is 10.8 Å². The number of nitrogens with one attached hydrogen (secondary N) is 1. The molecule has 2 heterocycles. The highest BCUT2D eigenvalue weighted by atomic mass is 127. The predicted octanol–water partition coefficient (Wildman–Crippen LogP) is 5.59. The van der Waals surface area contributed by atoms with E-state index in [1.165, 1.54) is 0 Å². The third-order valence-corrected chi connectivity index (χ3v) is 11.5. The summed E-state index contributed by atoms with van der Waals surface area (Å²) < 4.78 is 2.28. The Kier molecular flexibility index (Phi) is 9.71. The van der Waals surface area contributed by atoms with Gasteiger partial charge in [0.15, 0.2) is 0 Å². The van der Waals surface area contributed by atoms with Gasteiger partial charge in [0.25, 0.3) is 0 Å². The second kappa shape index (κ2) is 13.7. The molecule has 4 aromatic rings. The van der Waals surface area contributed by atoms with Gasteiger partial charge in [-0.3, -0.25) is 14.6 Å². The second-order valence-corrected chi connectivity index (χ2v) is 14.4. The molecule has 0 aliphatic carbocycles. The summed E-state index contributed by atoms with van der Waals surface area (Å²) in [6.07, 6.45) is -0.160. The maximum Gasteiger partial charge on any atom is 0.332 e. The molecule has 46 heavy (non-hydrogen) atoms. The van der Waals surface area contributed by atoms with Gasteiger partial charge in [0.1, 0.15) is 12.2 Å². The molecular formula is C35H36I2N6O3. The van der Waals surface area contributed by atoms with E-state index >= 15 is 0 Å². The van der Waals surface area contributed by atoms with Crippen LogP contribution >= 0.6 is 45.2 Å². The number of fused-ring (bicyclic) bond motifs is 2. The van der Waals surface area contributed by atoms with E-state index in [-0.39, 0.29) is 37.0 Å². The second-order valence-electron chi connectivity index (χ2n) is 12.0. The van der Waals surface area contributed by atoms with Gasteiger partial charge in [-0.2, -0.15) is 5.01 Å². The number of halogens is 2. The van der Waals surface area contributed by atoms with E-state index in [2.05, 4.69) is 74.8 Å². The average molecular weight is 843 g/mol. The summed E-state index contributed by atoms with van der Waals surface area (Å²) in [5.74, 6) is -0.278. The summed E-state index contributed by atoms with van der Waals surface area (Å²) in [5, 5.41) is 8.75. The number of nitrogen functional groups attached to an aromatic ring is 1. The summed E-state index contributed by atoms with van der Waals surface area (Å²) in [4.78, 5) is 45.4. The normalized spacial score (nSPS) is 18.4. The van der Waals surface area contributed by atoms with Crippen molar-refractivity contribution in [1.82, 2.24) is 25.1 Å². The van der Waals surface area contributed by atoms with E-state index in [4.69, 9.17) is 5.73 Å². The number of nitrogens with two attached hydrogens (primary N) is 1. The fourth-order valence-corrected chi connectivity index (χ4v) is 7.35. The van der Waals surface area contributed by atoms with Crippen LogP contribution in [0.2, 0.25) is 0 Å². The molecule has 2 fully saturated rings. The van der Waals surface area contributed by atoms with Crippen LogP contribution in [0.3, 0.4) is 0 Å². The van der Waals surface area contributed by atoms with Crippen LogP contribution in [0.1, 0.15) is 30.5 Å². The Balaban J connectivity index is 1.31. The van der Waals surface area contributed by atoms with Gasteiger partial charge in [0, 0.05) is 38.4 Å². The van der Waals surface area contributed by atoms with E-state index in [9.17, 15) is 14.4 Å². The minimum absolute atomic E-state index is 0.00528. The van der Waals surface area contributed by atoms with Crippen molar-refractivity contribution in [2.75, 3.05) is 18.8 Å². The number of rotatable bonds is 8. The zero-order chi connectivity index (χ0) is 32.5. The van der Waals surface area contributed by atoms with Crippen molar-refractivity contribution in [1.29, 1.82) is 0 Å². The zero-order valence-electron chi connectivity index (χ0n) is 25.7. The Hall–Kier alpha value is -3.43. The molecule has 4 amide bonds. The summed E-state index contributed by atoms with van der Waals surface area (Å²) in [5.41, 5.74) is 9.52. The quantitative estimate of drug-likeness (QED) is 0.178. The standard InChI is InChI=1S/C35H36I2N6O3/c1-22(2)43(35(46)39-18-24-12-15-29(36)30(37)16-24)41-21-33(44)42-31(17-23-10-13-27(38)14-11-23)34(45)40(20-32(41)42)19-26-8-5-7-25-6-3-4-9-28(25)26/h3-16,22,31-32H,17-21,38H2,1-2H3,(H,39,46)/t31-,32+/m0/s1. The van der Waals surface area contributed by atoms with Gasteiger partial charge in [-0.25, -0.2) is 4.79 Å². The first-order valence-corrected chi connectivity index (χ1v) is 17.4. The van der Waals surface area contributed by atoms with Crippen molar-refractivity contribution in [2.45, 2.75) is 51.6 Å². The maximum atomic E-state index is 14.3. The minimum atomic E-state index is -0.721. The van der Waals surface area contributed by atoms with Gasteiger partial charge in [-0.15, -0.1) is 0 Å². The highest BCUT2D eigenvalue weighted by Crippen LogP contribution is 2.32. The number of nitrogens with zero attached hydrogens (tertiary/aromatic N) is 4. The first-order valence-electron chi connectivity index (χ1n) is 15.3. The van der Waals surface area contributed by atoms with Crippen molar-refractivity contribution < 1.29 is 14.4 Å². The first-order chi connectivity index (χ1) is 22.1. The van der Waals surface area contributed by atoms with Crippen molar-refractivity contribution >= 4 is 79.5 Å². The van der Waals surface area contributed by atoms with Gasteiger partial charge in [-0.1, -0.05) is 60.7 Å². The lowest BCUT2D eigenvalue weighted by atomic mass is 9.99. The minimum Gasteiger partial charge on any atom is -0.399 e. The van der Waals surface area contributed by atoms with Crippen LogP contribution in [-0.4, -0.2) is 69.0 Å². The van der Waals surface area contributed by atoms with Crippen LogP contribution < -0.4 is 11.1 Å². The first kappa shape index (κ1) is 32.5. The molecule has 0 bridgehead atoms. The van der Waals surface area contributed by atoms with E-state index < -0.39 is 12.2 Å². The molecule has 0 aromatic heterocycles.